The Balaban J connectivity index is 3.21. The maximum absolute atomic E-state index is 4.23. The summed E-state index contributed by atoms with van der Waals surface area (Å²) < 4.78 is 3.19. The van der Waals surface area contributed by atoms with Crippen LogP contribution in [0.4, 0.5) is 0 Å². The summed E-state index contributed by atoms with van der Waals surface area (Å²) in [7, 11) is 2.04. The summed E-state index contributed by atoms with van der Waals surface area (Å²) in [6, 6.07) is 0. The van der Waals surface area contributed by atoms with E-state index in [0.717, 1.165) is 3.70 Å². The van der Waals surface area contributed by atoms with Crippen LogP contribution in [0.2, 0.25) is 0 Å². The van der Waals surface area contributed by atoms with Gasteiger partial charge in [0.15, 0.2) is 0 Å². The number of halogens is 1. The minimum atomic E-state index is 0.196. The highest BCUT2D eigenvalue weighted by Crippen LogP contribution is 2.25. The van der Waals surface area contributed by atoms with E-state index in [0.29, 0.717) is 0 Å². The van der Waals surface area contributed by atoms with Crippen LogP contribution in [0, 0.1) is 3.70 Å². The third-order valence-electron chi connectivity index (χ3n) is 1.60. The van der Waals surface area contributed by atoms with Crippen molar-refractivity contribution in [1.29, 1.82) is 0 Å². The molecule has 0 aliphatic heterocycles. The van der Waals surface area contributed by atoms with Crippen LogP contribution in [0.3, 0.4) is 0 Å². The van der Waals surface area contributed by atoms with Gasteiger partial charge in [-0.3, -0.25) is 0 Å². The molecule has 0 amide bonds. The van der Waals surface area contributed by atoms with Crippen molar-refractivity contribution in [1.82, 2.24) is 9.55 Å². The zero-order valence-corrected chi connectivity index (χ0v) is 9.51. The number of aryl methyl sites for hydroxylation is 1. The molecule has 0 bridgehead atoms. The van der Waals surface area contributed by atoms with E-state index in [2.05, 4.69) is 52.9 Å². The van der Waals surface area contributed by atoms with E-state index in [9.17, 15) is 0 Å². The Morgan fingerprint density at radius 2 is 2.00 bits per heavy atom. The lowest BCUT2D eigenvalue weighted by Crippen LogP contribution is -2.17. The van der Waals surface area contributed by atoms with Crippen LogP contribution in [0.25, 0.3) is 0 Å². The second-order valence-electron chi connectivity index (χ2n) is 3.74. The molecule has 0 saturated heterocycles. The van der Waals surface area contributed by atoms with E-state index in [4.69, 9.17) is 0 Å². The van der Waals surface area contributed by atoms with Crippen LogP contribution in [0.1, 0.15) is 26.5 Å². The normalized spacial score (nSPS) is 12.1. The Morgan fingerprint density at radius 3 is 2.18 bits per heavy atom. The van der Waals surface area contributed by atoms with Gasteiger partial charge in [0.05, 0.1) is 12.0 Å². The maximum atomic E-state index is 4.23. The molecule has 2 nitrogen and oxygen atoms in total. The summed E-state index contributed by atoms with van der Waals surface area (Å²) in [6.45, 7) is 6.60. The molecule has 62 valence electrons. The van der Waals surface area contributed by atoms with Crippen LogP contribution in [-0.4, -0.2) is 9.55 Å². The van der Waals surface area contributed by atoms with Crippen molar-refractivity contribution in [3.05, 3.63) is 15.7 Å². The van der Waals surface area contributed by atoms with Crippen molar-refractivity contribution < 1.29 is 0 Å². The van der Waals surface area contributed by atoms with Gasteiger partial charge >= 0.3 is 0 Å². The topological polar surface area (TPSA) is 17.8 Å². The molecule has 0 aromatic carbocycles. The summed E-state index contributed by atoms with van der Waals surface area (Å²) in [5, 5.41) is 0. The fraction of sp³-hybridized carbons (Fsp3) is 0.625. The van der Waals surface area contributed by atoms with Gasteiger partial charge < -0.3 is 4.57 Å². The summed E-state index contributed by atoms with van der Waals surface area (Å²) in [5.74, 6) is 0. The summed E-state index contributed by atoms with van der Waals surface area (Å²) in [6.07, 6.45) is 1.86. The number of aromatic nitrogens is 2. The fourth-order valence-corrected chi connectivity index (χ4v) is 2.55. The van der Waals surface area contributed by atoms with Crippen molar-refractivity contribution in [3.8, 4) is 0 Å². The first kappa shape index (κ1) is 9.03. The fourth-order valence-electron chi connectivity index (χ4n) is 1.24. The van der Waals surface area contributed by atoms with Gasteiger partial charge in [-0.1, -0.05) is 20.8 Å². The van der Waals surface area contributed by atoms with E-state index in [1.807, 2.05) is 13.4 Å². The predicted molar refractivity (Wildman–Crippen MR) is 54.6 cm³/mol. The number of imidazole rings is 1. The minimum Gasteiger partial charge on any atom is -0.336 e. The van der Waals surface area contributed by atoms with Crippen LogP contribution < -0.4 is 0 Å². The Morgan fingerprint density at radius 1 is 1.45 bits per heavy atom. The molecule has 0 atom stereocenters. The molecule has 0 N–H and O–H groups in total. The minimum absolute atomic E-state index is 0.196. The van der Waals surface area contributed by atoms with E-state index in [1.54, 1.807) is 0 Å². The van der Waals surface area contributed by atoms with Crippen molar-refractivity contribution >= 4 is 22.6 Å². The molecule has 0 aliphatic rings. The quantitative estimate of drug-likeness (QED) is 0.657. The highest BCUT2D eigenvalue weighted by molar-refractivity contribution is 14.1. The van der Waals surface area contributed by atoms with Crippen LogP contribution >= 0.6 is 22.6 Å². The van der Waals surface area contributed by atoms with Crippen molar-refractivity contribution in [2.45, 2.75) is 26.2 Å². The van der Waals surface area contributed by atoms with Gasteiger partial charge in [-0.2, -0.15) is 0 Å². The van der Waals surface area contributed by atoms with Crippen LogP contribution in [-0.2, 0) is 12.5 Å². The van der Waals surface area contributed by atoms with Crippen molar-refractivity contribution in [2.24, 2.45) is 7.05 Å². The lowest BCUT2D eigenvalue weighted by atomic mass is 9.93. The molecular formula is C8H13IN2. The maximum Gasteiger partial charge on any atom is 0.123 e. The molecule has 0 aliphatic carbocycles. The highest BCUT2D eigenvalue weighted by atomic mass is 127. The molecule has 1 aromatic heterocycles. The third kappa shape index (κ3) is 1.75. The van der Waals surface area contributed by atoms with Gasteiger partial charge in [-0.15, -0.1) is 0 Å². The van der Waals surface area contributed by atoms with Crippen LogP contribution in [0.5, 0.6) is 0 Å². The van der Waals surface area contributed by atoms with E-state index < -0.39 is 0 Å². The van der Waals surface area contributed by atoms with E-state index in [-0.39, 0.29) is 5.41 Å². The monoisotopic (exact) mass is 264 g/mol. The molecule has 1 heterocycles. The Hall–Kier alpha value is -0.0600. The highest BCUT2D eigenvalue weighted by Gasteiger charge is 2.20. The number of hydrogen-bond acceptors (Lipinski definition) is 1. The first-order valence-electron chi connectivity index (χ1n) is 3.60. The molecule has 0 radical (unpaired) electrons. The first-order chi connectivity index (χ1) is 4.93. The summed E-state index contributed by atoms with van der Waals surface area (Å²) >= 11 is 2.27. The molecule has 1 aromatic rings. The molecule has 0 saturated carbocycles. The Labute approximate surface area is 81.2 Å². The second-order valence-corrected chi connectivity index (χ2v) is 4.77. The average Bonchev–Trinajstić information content (AvgIpc) is 2.08. The molecule has 0 unspecified atom stereocenters. The molecule has 0 spiro atoms. The molecular weight excluding hydrogens is 251 g/mol. The smallest absolute Gasteiger partial charge is 0.123 e. The predicted octanol–water partition coefficient (Wildman–Crippen LogP) is 2.32. The zero-order chi connectivity index (χ0) is 8.65. The molecule has 11 heavy (non-hydrogen) atoms. The molecule has 3 heteroatoms. The van der Waals surface area contributed by atoms with Crippen molar-refractivity contribution in [2.75, 3.05) is 0 Å². The Bertz CT molecular complexity index is 238. The number of rotatable bonds is 0. The van der Waals surface area contributed by atoms with Crippen molar-refractivity contribution in [3.63, 3.8) is 0 Å². The lowest BCUT2D eigenvalue weighted by Gasteiger charge is -2.19. The SMILES string of the molecule is Cn1cnc(I)c1C(C)(C)C. The largest absolute Gasteiger partial charge is 0.336 e. The number of hydrogen-bond donors (Lipinski definition) is 0. The van der Waals surface area contributed by atoms with Gasteiger partial charge in [0.1, 0.15) is 3.70 Å². The van der Waals surface area contributed by atoms with Crippen LogP contribution in [0.15, 0.2) is 6.33 Å². The Kier molecular flexibility index (Phi) is 2.27. The van der Waals surface area contributed by atoms with E-state index >= 15 is 0 Å². The van der Waals surface area contributed by atoms with Gasteiger partial charge in [0.2, 0.25) is 0 Å². The third-order valence-corrected chi connectivity index (χ3v) is 2.39. The average molecular weight is 264 g/mol. The summed E-state index contributed by atoms with van der Waals surface area (Å²) in [5.41, 5.74) is 1.50. The van der Waals surface area contributed by atoms with Gasteiger partial charge in [0, 0.05) is 12.5 Å². The van der Waals surface area contributed by atoms with Gasteiger partial charge in [0.25, 0.3) is 0 Å². The molecule has 0 fully saturated rings. The van der Waals surface area contributed by atoms with Gasteiger partial charge in [-0.05, 0) is 22.6 Å². The molecule has 1 rings (SSSR count). The lowest BCUT2D eigenvalue weighted by molar-refractivity contribution is 0.539. The second kappa shape index (κ2) is 2.77. The first-order valence-corrected chi connectivity index (χ1v) is 4.68. The van der Waals surface area contributed by atoms with E-state index in [1.165, 1.54) is 5.69 Å². The zero-order valence-electron chi connectivity index (χ0n) is 7.35. The standard InChI is InChI=1S/C8H13IN2/c1-8(2,3)6-7(9)10-5-11(6)4/h5H,1-4H3. The van der Waals surface area contributed by atoms with Gasteiger partial charge in [-0.25, -0.2) is 4.98 Å². The summed E-state index contributed by atoms with van der Waals surface area (Å²) in [4.78, 5) is 4.23. The number of nitrogens with zero attached hydrogens (tertiary/aromatic N) is 2.